The van der Waals surface area contributed by atoms with Gasteiger partial charge in [0, 0.05) is 27.8 Å². The van der Waals surface area contributed by atoms with Crippen LogP contribution in [-0.4, -0.2) is 4.98 Å². The highest BCUT2D eigenvalue weighted by atomic mass is 16.3. The summed E-state index contributed by atoms with van der Waals surface area (Å²) in [6.45, 7) is 0. The lowest BCUT2D eigenvalue weighted by Crippen LogP contribution is -2.10. The summed E-state index contributed by atoms with van der Waals surface area (Å²) < 4.78 is 6.25. The van der Waals surface area contributed by atoms with Gasteiger partial charge < -0.3 is 9.32 Å². The van der Waals surface area contributed by atoms with Crippen molar-refractivity contribution in [3.8, 4) is 22.3 Å². The van der Waals surface area contributed by atoms with Gasteiger partial charge in [0.2, 0.25) is 0 Å². The van der Waals surface area contributed by atoms with E-state index in [-0.39, 0.29) is 0 Å². The molecule has 0 fully saturated rings. The van der Waals surface area contributed by atoms with Crippen LogP contribution in [0.2, 0.25) is 0 Å². The van der Waals surface area contributed by atoms with Crippen LogP contribution >= 0.6 is 0 Å². The van der Waals surface area contributed by atoms with Crippen molar-refractivity contribution in [3.05, 3.63) is 182 Å². The van der Waals surface area contributed by atoms with Gasteiger partial charge in [0.05, 0.1) is 5.52 Å². The second kappa shape index (κ2) is 11.5. The van der Waals surface area contributed by atoms with Gasteiger partial charge in [-0.2, -0.15) is 0 Å². The minimum absolute atomic E-state index is 0.790. The summed E-state index contributed by atoms with van der Waals surface area (Å²) in [5.74, 6) is 0. The van der Waals surface area contributed by atoms with Crippen LogP contribution in [0.25, 0.3) is 76.8 Å². The topological polar surface area (TPSA) is 29.3 Å². The standard InChI is InChI=1S/C47H30N2O/c1-3-19-39-31(11-1)13-9-22-41(39)33-15-7-17-36(27-33)49(37-18-8-16-34(28-37)42-23-10-14-32-12-2-4-20-40(32)42)38-25-26-44-35(29-38)30-46-47(48-44)43-21-5-6-24-45(43)50-46/h1-30H. The van der Waals surface area contributed by atoms with Gasteiger partial charge in [-0.3, -0.25) is 0 Å². The van der Waals surface area contributed by atoms with Crippen molar-refractivity contribution in [1.29, 1.82) is 0 Å². The molecule has 0 aliphatic heterocycles. The third-order valence-electron chi connectivity index (χ3n) is 9.79. The Morgan fingerprint density at radius 2 is 0.920 bits per heavy atom. The molecule has 0 unspecified atom stereocenters. The largest absolute Gasteiger partial charge is 0.454 e. The molecular formula is C47H30N2O. The van der Waals surface area contributed by atoms with Gasteiger partial charge in [0.1, 0.15) is 11.1 Å². The number of benzene rings is 8. The summed E-state index contributed by atoms with van der Waals surface area (Å²) in [5, 5.41) is 7.00. The van der Waals surface area contributed by atoms with Gasteiger partial charge in [0.15, 0.2) is 5.58 Å². The molecule has 10 aromatic rings. The highest BCUT2D eigenvalue weighted by Crippen LogP contribution is 2.41. The first-order valence-electron chi connectivity index (χ1n) is 17.0. The molecule has 0 bridgehead atoms. The molecule has 2 heterocycles. The molecule has 0 saturated carbocycles. The lowest BCUT2D eigenvalue weighted by molar-refractivity contribution is 0.669. The van der Waals surface area contributed by atoms with Crippen LogP contribution in [-0.2, 0) is 0 Å². The van der Waals surface area contributed by atoms with E-state index < -0.39 is 0 Å². The molecule has 3 nitrogen and oxygen atoms in total. The molecule has 0 amide bonds. The fraction of sp³-hybridized carbons (Fsp3) is 0. The third kappa shape index (κ3) is 4.71. The summed E-state index contributed by atoms with van der Waals surface area (Å²) in [4.78, 5) is 7.42. The SMILES string of the molecule is c1cc(-c2cccc3ccccc23)cc(N(c2cccc(-c3cccc4ccccc34)c2)c2ccc3nc4c(cc3c2)oc2ccccc24)c1. The Hall–Kier alpha value is -6.71. The van der Waals surface area contributed by atoms with Crippen LogP contribution < -0.4 is 4.90 Å². The Kier molecular flexibility index (Phi) is 6.49. The number of aromatic nitrogens is 1. The van der Waals surface area contributed by atoms with Gasteiger partial charge in [-0.1, -0.05) is 121 Å². The molecule has 0 aliphatic carbocycles. The summed E-state index contributed by atoms with van der Waals surface area (Å²) in [6.07, 6.45) is 0. The van der Waals surface area contributed by atoms with E-state index in [1.54, 1.807) is 0 Å². The lowest BCUT2D eigenvalue weighted by atomic mass is 9.97. The van der Waals surface area contributed by atoms with Crippen molar-refractivity contribution in [2.24, 2.45) is 0 Å². The number of rotatable bonds is 5. The second-order valence-corrected chi connectivity index (χ2v) is 12.8. The monoisotopic (exact) mass is 638 g/mol. The molecule has 234 valence electrons. The van der Waals surface area contributed by atoms with Crippen molar-refractivity contribution in [1.82, 2.24) is 4.98 Å². The number of nitrogens with zero attached hydrogens (tertiary/aromatic N) is 2. The molecule has 0 saturated heterocycles. The smallest absolute Gasteiger partial charge is 0.154 e. The maximum Gasteiger partial charge on any atom is 0.154 e. The number of para-hydroxylation sites is 1. The molecule has 2 aromatic heterocycles. The van der Waals surface area contributed by atoms with Crippen LogP contribution in [0, 0.1) is 0 Å². The number of hydrogen-bond donors (Lipinski definition) is 0. The van der Waals surface area contributed by atoms with Gasteiger partial charge >= 0.3 is 0 Å². The van der Waals surface area contributed by atoms with E-state index in [1.807, 2.05) is 18.2 Å². The normalized spacial score (nSPS) is 11.6. The van der Waals surface area contributed by atoms with Crippen molar-refractivity contribution < 1.29 is 4.42 Å². The molecule has 3 heteroatoms. The van der Waals surface area contributed by atoms with Crippen molar-refractivity contribution in [3.63, 3.8) is 0 Å². The Morgan fingerprint density at radius 3 is 1.58 bits per heavy atom. The molecule has 10 rings (SSSR count). The summed E-state index contributed by atoms with van der Waals surface area (Å²) in [5.41, 5.74) is 11.4. The predicted molar refractivity (Wildman–Crippen MR) is 210 cm³/mol. The quantitative estimate of drug-likeness (QED) is 0.188. The maximum absolute atomic E-state index is 6.25. The minimum Gasteiger partial charge on any atom is -0.454 e. The Labute approximate surface area is 289 Å². The molecule has 0 spiro atoms. The van der Waals surface area contributed by atoms with Crippen molar-refractivity contribution in [2.45, 2.75) is 0 Å². The van der Waals surface area contributed by atoms with Crippen LogP contribution in [0.5, 0.6) is 0 Å². The third-order valence-corrected chi connectivity index (χ3v) is 9.79. The predicted octanol–water partition coefficient (Wildman–Crippen LogP) is 13.2. The average Bonchev–Trinajstić information content (AvgIpc) is 3.54. The van der Waals surface area contributed by atoms with E-state index in [0.717, 1.165) is 50.0 Å². The average molecular weight is 639 g/mol. The molecule has 0 N–H and O–H groups in total. The molecule has 0 atom stereocenters. The van der Waals surface area contributed by atoms with E-state index in [2.05, 4.69) is 169 Å². The molecular weight excluding hydrogens is 609 g/mol. The van der Waals surface area contributed by atoms with Crippen LogP contribution in [0.15, 0.2) is 186 Å². The molecule has 50 heavy (non-hydrogen) atoms. The maximum atomic E-state index is 6.25. The Bertz CT molecular complexity index is 2770. The van der Waals surface area contributed by atoms with Crippen LogP contribution in [0.4, 0.5) is 17.1 Å². The first kappa shape index (κ1) is 28.3. The molecule has 0 aliphatic rings. The lowest BCUT2D eigenvalue weighted by Gasteiger charge is -2.27. The number of anilines is 3. The molecule has 0 radical (unpaired) electrons. The Morgan fingerprint density at radius 1 is 0.380 bits per heavy atom. The Balaban J connectivity index is 1.17. The first-order chi connectivity index (χ1) is 24.8. The fourth-order valence-corrected chi connectivity index (χ4v) is 7.45. The van der Waals surface area contributed by atoms with Gasteiger partial charge in [-0.15, -0.1) is 0 Å². The van der Waals surface area contributed by atoms with E-state index >= 15 is 0 Å². The van der Waals surface area contributed by atoms with Gasteiger partial charge in [-0.05, 0) is 104 Å². The first-order valence-corrected chi connectivity index (χ1v) is 17.0. The number of pyridine rings is 1. The van der Waals surface area contributed by atoms with Crippen molar-refractivity contribution in [2.75, 3.05) is 4.90 Å². The molecule has 8 aromatic carbocycles. The van der Waals surface area contributed by atoms with Crippen molar-refractivity contribution >= 4 is 71.6 Å². The van der Waals surface area contributed by atoms with E-state index in [1.165, 1.54) is 43.8 Å². The number of hydrogen-bond acceptors (Lipinski definition) is 3. The fourth-order valence-electron chi connectivity index (χ4n) is 7.45. The van der Waals surface area contributed by atoms with E-state index in [0.29, 0.717) is 0 Å². The summed E-state index contributed by atoms with van der Waals surface area (Å²) in [7, 11) is 0. The van der Waals surface area contributed by atoms with Crippen LogP contribution in [0.3, 0.4) is 0 Å². The zero-order valence-electron chi connectivity index (χ0n) is 27.1. The van der Waals surface area contributed by atoms with Gasteiger partial charge in [0.25, 0.3) is 0 Å². The summed E-state index contributed by atoms with van der Waals surface area (Å²) >= 11 is 0. The highest BCUT2D eigenvalue weighted by molar-refractivity contribution is 6.06. The van der Waals surface area contributed by atoms with E-state index in [9.17, 15) is 0 Å². The highest BCUT2D eigenvalue weighted by Gasteiger charge is 2.17. The van der Waals surface area contributed by atoms with Gasteiger partial charge in [-0.25, -0.2) is 4.98 Å². The zero-order chi connectivity index (χ0) is 33.0. The summed E-state index contributed by atoms with van der Waals surface area (Å²) in [6, 6.07) is 64.8. The number of fused-ring (bicyclic) bond motifs is 6. The minimum atomic E-state index is 0.790. The van der Waals surface area contributed by atoms with Crippen LogP contribution in [0.1, 0.15) is 0 Å². The zero-order valence-corrected chi connectivity index (χ0v) is 27.1. The van der Waals surface area contributed by atoms with E-state index in [4.69, 9.17) is 9.40 Å². The second-order valence-electron chi connectivity index (χ2n) is 12.8. The number of furan rings is 1.